The highest BCUT2D eigenvalue weighted by atomic mass is 19.1. The van der Waals surface area contributed by atoms with Crippen molar-refractivity contribution in [2.45, 2.75) is 26.4 Å². The molecular formula is C15H19FN2O. The summed E-state index contributed by atoms with van der Waals surface area (Å²) in [5, 5.41) is 10.2. The molecule has 0 fully saturated rings. The van der Waals surface area contributed by atoms with Gasteiger partial charge in [-0.05, 0) is 32.4 Å². The Morgan fingerprint density at radius 1 is 1.42 bits per heavy atom. The summed E-state index contributed by atoms with van der Waals surface area (Å²) in [6, 6.07) is 6.94. The Kier molecular flexibility index (Phi) is 4.00. The molecule has 0 bridgehead atoms. The summed E-state index contributed by atoms with van der Waals surface area (Å²) in [4.78, 5) is 6.29. The molecule has 1 N–H and O–H groups in total. The molecule has 0 saturated carbocycles. The molecule has 2 rings (SSSR count). The zero-order valence-electron chi connectivity index (χ0n) is 11.5. The van der Waals surface area contributed by atoms with Crippen LogP contribution in [-0.4, -0.2) is 29.8 Å². The molecule has 1 atom stereocenters. The van der Waals surface area contributed by atoms with Crippen LogP contribution in [0.4, 0.5) is 10.1 Å². The molecule has 0 aliphatic rings. The second kappa shape index (κ2) is 5.53. The molecule has 4 heteroatoms. The first kappa shape index (κ1) is 13.7. The van der Waals surface area contributed by atoms with Gasteiger partial charge in [-0.25, -0.2) is 9.37 Å². The summed E-state index contributed by atoms with van der Waals surface area (Å²) >= 11 is 0. The quantitative estimate of drug-likeness (QED) is 0.920. The van der Waals surface area contributed by atoms with Crippen LogP contribution in [0.25, 0.3) is 10.9 Å². The first-order chi connectivity index (χ1) is 8.99. The van der Waals surface area contributed by atoms with Crippen molar-refractivity contribution in [3.63, 3.8) is 0 Å². The predicted octanol–water partition coefficient (Wildman–Crippen LogP) is 2.89. The topological polar surface area (TPSA) is 36.4 Å². The van der Waals surface area contributed by atoms with Gasteiger partial charge in [0.25, 0.3) is 0 Å². The van der Waals surface area contributed by atoms with Crippen molar-refractivity contribution in [2.75, 3.05) is 18.5 Å². The van der Waals surface area contributed by atoms with E-state index >= 15 is 0 Å². The number of aliphatic hydroxyl groups is 1. The molecule has 1 unspecified atom stereocenters. The van der Waals surface area contributed by atoms with Crippen LogP contribution < -0.4 is 4.90 Å². The second-order valence-corrected chi connectivity index (χ2v) is 4.98. The minimum absolute atomic E-state index is 0.300. The van der Waals surface area contributed by atoms with Crippen LogP contribution in [-0.2, 0) is 0 Å². The van der Waals surface area contributed by atoms with E-state index in [-0.39, 0.29) is 11.9 Å². The average molecular weight is 262 g/mol. The Morgan fingerprint density at radius 2 is 2.16 bits per heavy atom. The van der Waals surface area contributed by atoms with Gasteiger partial charge in [0, 0.05) is 30.4 Å². The van der Waals surface area contributed by atoms with Crippen molar-refractivity contribution in [3.05, 3.63) is 35.8 Å². The van der Waals surface area contributed by atoms with Gasteiger partial charge in [0.05, 0.1) is 6.10 Å². The number of rotatable bonds is 4. The van der Waals surface area contributed by atoms with Gasteiger partial charge < -0.3 is 10.0 Å². The van der Waals surface area contributed by atoms with Crippen molar-refractivity contribution >= 4 is 16.6 Å². The number of fused-ring (bicyclic) bond motifs is 1. The maximum Gasteiger partial charge on any atom is 0.149 e. The number of hydrogen-bond acceptors (Lipinski definition) is 3. The molecule has 102 valence electrons. The Morgan fingerprint density at radius 3 is 2.84 bits per heavy atom. The van der Waals surface area contributed by atoms with Crippen LogP contribution in [0.5, 0.6) is 0 Å². The molecule has 1 aromatic carbocycles. The van der Waals surface area contributed by atoms with Gasteiger partial charge in [0.1, 0.15) is 11.3 Å². The molecule has 1 heterocycles. The number of aromatic nitrogens is 1. The first-order valence-corrected chi connectivity index (χ1v) is 6.44. The van der Waals surface area contributed by atoms with Crippen molar-refractivity contribution in [3.8, 4) is 0 Å². The maximum absolute atomic E-state index is 13.8. The average Bonchev–Trinajstić information content (AvgIpc) is 2.36. The van der Waals surface area contributed by atoms with E-state index in [1.165, 1.54) is 6.07 Å². The van der Waals surface area contributed by atoms with Crippen molar-refractivity contribution in [1.29, 1.82) is 0 Å². The summed E-state index contributed by atoms with van der Waals surface area (Å²) < 4.78 is 13.8. The van der Waals surface area contributed by atoms with E-state index in [4.69, 9.17) is 0 Å². The summed E-state index contributed by atoms with van der Waals surface area (Å²) in [5.41, 5.74) is 2.14. The zero-order valence-corrected chi connectivity index (χ0v) is 11.5. The van der Waals surface area contributed by atoms with Crippen LogP contribution in [0.3, 0.4) is 0 Å². The van der Waals surface area contributed by atoms with Gasteiger partial charge in [0.15, 0.2) is 0 Å². The SMILES string of the molecule is Cc1cc(N(C)CCC(C)O)c2cccc(F)c2n1. The molecule has 19 heavy (non-hydrogen) atoms. The number of pyridine rings is 1. The number of para-hydroxylation sites is 1. The van der Waals surface area contributed by atoms with E-state index in [9.17, 15) is 9.50 Å². The van der Waals surface area contributed by atoms with Gasteiger partial charge in [-0.15, -0.1) is 0 Å². The first-order valence-electron chi connectivity index (χ1n) is 6.44. The molecule has 0 spiro atoms. The van der Waals surface area contributed by atoms with Crippen LogP contribution in [0.1, 0.15) is 19.0 Å². The van der Waals surface area contributed by atoms with Gasteiger partial charge >= 0.3 is 0 Å². The molecule has 3 nitrogen and oxygen atoms in total. The molecule has 0 radical (unpaired) electrons. The molecule has 0 amide bonds. The Labute approximate surface area is 112 Å². The lowest BCUT2D eigenvalue weighted by Gasteiger charge is -2.22. The van der Waals surface area contributed by atoms with Crippen molar-refractivity contribution in [1.82, 2.24) is 4.98 Å². The number of halogens is 1. The molecule has 0 aliphatic carbocycles. The lowest BCUT2D eigenvalue weighted by atomic mass is 10.1. The molecule has 0 aliphatic heterocycles. The number of nitrogens with zero attached hydrogens (tertiary/aromatic N) is 2. The normalized spacial score (nSPS) is 12.7. The summed E-state index contributed by atoms with van der Waals surface area (Å²) in [6.45, 7) is 4.34. The fourth-order valence-corrected chi connectivity index (χ4v) is 2.14. The fraction of sp³-hybridized carbons (Fsp3) is 0.400. The van der Waals surface area contributed by atoms with E-state index in [2.05, 4.69) is 4.98 Å². The molecule has 0 saturated heterocycles. The number of anilines is 1. The Bertz CT molecular complexity index is 584. The van der Waals surface area contributed by atoms with Gasteiger partial charge in [-0.3, -0.25) is 0 Å². The number of hydrogen-bond donors (Lipinski definition) is 1. The van der Waals surface area contributed by atoms with E-state index in [0.717, 1.165) is 16.8 Å². The second-order valence-electron chi connectivity index (χ2n) is 4.98. The number of benzene rings is 1. The monoisotopic (exact) mass is 262 g/mol. The standard InChI is InChI=1S/C15H19FN2O/c1-10-9-14(18(3)8-7-11(2)19)12-5-4-6-13(16)15(12)17-10/h4-6,9,11,19H,7-8H2,1-3H3. The summed E-state index contributed by atoms with van der Waals surface area (Å²) in [7, 11) is 1.95. The number of aliphatic hydroxyl groups excluding tert-OH is 1. The molecule has 2 aromatic rings. The van der Waals surface area contributed by atoms with Gasteiger partial charge in [-0.1, -0.05) is 12.1 Å². The van der Waals surface area contributed by atoms with Crippen LogP contribution in [0.15, 0.2) is 24.3 Å². The predicted molar refractivity (Wildman–Crippen MR) is 76.0 cm³/mol. The molecule has 1 aromatic heterocycles. The number of aryl methyl sites for hydroxylation is 1. The smallest absolute Gasteiger partial charge is 0.149 e. The van der Waals surface area contributed by atoms with Crippen molar-refractivity contribution < 1.29 is 9.50 Å². The van der Waals surface area contributed by atoms with E-state index in [1.807, 2.05) is 31.0 Å². The highest BCUT2D eigenvalue weighted by molar-refractivity contribution is 5.92. The maximum atomic E-state index is 13.8. The Balaban J connectivity index is 2.44. The highest BCUT2D eigenvalue weighted by Gasteiger charge is 2.11. The van der Waals surface area contributed by atoms with Gasteiger partial charge in [0.2, 0.25) is 0 Å². The Hall–Kier alpha value is -1.68. The molecular weight excluding hydrogens is 243 g/mol. The van der Waals surface area contributed by atoms with Gasteiger partial charge in [-0.2, -0.15) is 0 Å². The third-order valence-electron chi connectivity index (χ3n) is 3.19. The lowest BCUT2D eigenvalue weighted by molar-refractivity contribution is 0.187. The van der Waals surface area contributed by atoms with E-state index in [1.54, 1.807) is 13.0 Å². The third kappa shape index (κ3) is 3.01. The fourth-order valence-electron chi connectivity index (χ4n) is 2.14. The van der Waals surface area contributed by atoms with Crippen LogP contribution in [0, 0.1) is 12.7 Å². The highest BCUT2D eigenvalue weighted by Crippen LogP contribution is 2.27. The van der Waals surface area contributed by atoms with Crippen molar-refractivity contribution in [2.24, 2.45) is 0 Å². The van der Waals surface area contributed by atoms with E-state index in [0.29, 0.717) is 18.5 Å². The third-order valence-corrected chi connectivity index (χ3v) is 3.19. The van der Waals surface area contributed by atoms with Crippen LogP contribution in [0.2, 0.25) is 0 Å². The summed E-state index contributed by atoms with van der Waals surface area (Å²) in [6.07, 6.45) is 0.336. The summed E-state index contributed by atoms with van der Waals surface area (Å²) in [5.74, 6) is -0.300. The lowest BCUT2D eigenvalue weighted by Crippen LogP contribution is -2.22. The minimum Gasteiger partial charge on any atom is -0.393 e. The zero-order chi connectivity index (χ0) is 14.0. The largest absolute Gasteiger partial charge is 0.393 e. The van der Waals surface area contributed by atoms with E-state index < -0.39 is 0 Å². The minimum atomic E-state index is -0.339. The van der Waals surface area contributed by atoms with Crippen LogP contribution >= 0.6 is 0 Å².